The molecule has 1 saturated heterocycles. The smallest absolute Gasteiger partial charge is 0.326 e. The highest BCUT2D eigenvalue weighted by molar-refractivity contribution is 5.94. The number of nitrogens with one attached hydrogen (secondary N) is 2. The largest absolute Gasteiger partial charge is 0.481 e. The molecule has 0 radical (unpaired) electrons. The van der Waals surface area contributed by atoms with Crippen LogP contribution in [0.4, 0.5) is 0 Å². The number of hydrogen-bond acceptors (Lipinski definition) is 6. The third-order valence-corrected chi connectivity index (χ3v) is 7.79. The summed E-state index contributed by atoms with van der Waals surface area (Å²) in [5, 5.41) is 24.9. The molecule has 216 valence electrons. The molecule has 11 heteroatoms. The lowest BCUT2D eigenvalue weighted by atomic mass is 9.92. The van der Waals surface area contributed by atoms with Crippen LogP contribution in [0, 0.1) is 5.92 Å². The van der Waals surface area contributed by atoms with Crippen LogP contribution in [0.25, 0.3) is 0 Å². The molecule has 2 aliphatic rings. The van der Waals surface area contributed by atoms with Gasteiger partial charge in [0.25, 0.3) is 0 Å². The van der Waals surface area contributed by atoms with Crippen molar-refractivity contribution in [3.05, 3.63) is 0 Å². The lowest BCUT2D eigenvalue weighted by molar-refractivity contribution is -0.154. The predicted octanol–water partition coefficient (Wildman–Crippen LogP) is 1.99. The Morgan fingerprint density at radius 3 is 2.16 bits per heavy atom. The lowest BCUT2D eigenvalue weighted by Gasteiger charge is -2.37. The SMILES string of the molecule is CCN(CC(=O)N[C@@H](CC(=O)O)C(=O)N(C1CCCCCC1)[C@@H](C)C(=O)O)C(=O)CCCC1CCNCC1. The van der Waals surface area contributed by atoms with Gasteiger partial charge in [-0.3, -0.25) is 19.2 Å². The van der Waals surface area contributed by atoms with Crippen molar-refractivity contribution in [2.45, 2.75) is 109 Å². The molecule has 2 fully saturated rings. The van der Waals surface area contributed by atoms with Gasteiger partial charge in [0, 0.05) is 19.0 Å². The van der Waals surface area contributed by atoms with Crippen molar-refractivity contribution in [3.8, 4) is 0 Å². The molecular weight excluding hydrogens is 492 g/mol. The first kappa shape index (κ1) is 31.5. The van der Waals surface area contributed by atoms with Gasteiger partial charge in [0.2, 0.25) is 17.7 Å². The first-order valence-electron chi connectivity index (χ1n) is 14.2. The monoisotopic (exact) mass is 538 g/mol. The Morgan fingerprint density at radius 1 is 0.974 bits per heavy atom. The first-order valence-corrected chi connectivity index (χ1v) is 14.2. The molecule has 1 aliphatic heterocycles. The maximum Gasteiger partial charge on any atom is 0.326 e. The molecule has 2 rings (SSSR count). The van der Waals surface area contributed by atoms with E-state index in [0.717, 1.165) is 64.5 Å². The Balaban J connectivity index is 2.04. The molecule has 0 spiro atoms. The van der Waals surface area contributed by atoms with Gasteiger partial charge in [0.05, 0.1) is 13.0 Å². The summed E-state index contributed by atoms with van der Waals surface area (Å²) in [6.07, 6.45) is 8.52. The van der Waals surface area contributed by atoms with Crippen LogP contribution in [0.5, 0.6) is 0 Å². The van der Waals surface area contributed by atoms with Gasteiger partial charge in [-0.05, 0) is 71.4 Å². The van der Waals surface area contributed by atoms with Crippen LogP contribution in [-0.2, 0) is 24.0 Å². The van der Waals surface area contributed by atoms with Gasteiger partial charge in [-0.1, -0.05) is 25.7 Å². The third-order valence-electron chi connectivity index (χ3n) is 7.79. The van der Waals surface area contributed by atoms with E-state index < -0.39 is 42.3 Å². The number of carbonyl (C=O) groups excluding carboxylic acids is 3. The van der Waals surface area contributed by atoms with E-state index in [-0.39, 0.29) is 18.5 Å². The number of piperidine rings is 1. The molecule has 38 heavy (non-hydrogen) atoms. The number of nitrogens with zero attached hydrogens (tertiary/aromatic N) is 2. The van der Waals surface area contributed by atoms with E-state index >= 15 is 0 Å². The van der Waals surface area contributed by atoms with Crippen molar-refractivity contribution in [2.24, 2.45) is 5.92 Å². The zero-order valence-corrected chi connectivity index (χ0v) is 23.0. The fraction of sp³-hybridized carbons (Fsp3) is 0.815. The number of carbonyl (C=O) groups is 5. The fourth-order valence-corrected chi connectivity index (χ4v) is 5.56. The number of carboxylic acids is 2. The molecule has 1 aliphatic carbocycles. The average Bonchev–Trinajstić information content (AvgIpc) is 3.16. The Bertz CT molecular complexity index is 807. The van der Waals surface area contributed by atoms with Crippen LogP contribution in [-0.4, -0.2) is 94.0 Å². The molecule has 1 saturated carbocycles. The average molecular weight is 539 g/mol. The molecule has 0 unspecified atom stereocenters. The molecule has 1 heterocycles. The van der Waals surface area contributed by atoms with Crippen LogP contribution < -0.4 is 10.6 Å². The van der Waals surface area contributed by atoms with Crippen molar-refractivity contribution >= 4 is 29.7 Å². The van der Waals surface area contributed by atoms with Crippen molar-refractivity contribution < 1.29 is 34.2 Å². The van der Waals surface area contributed by atoms with Gasteiger partial charge in [-0.25, -0.2) is 4.79 Å². The highest BCUT2D eigenvalue weighted by Gasteiger charge is 2.37. The van der Waals surface area contributed by atoms with Crippen molar-refractivity contribution in [3.63, 3.8) is 0 Å². The van der Waals surface area contributed by atoms with Crippen LogP contribution in [0.3, 0.4) is 0 Å². The minimum absolute atomic E-state index is 0.155. The number of likely N-dealkylation sites (N-methyl/N-ethyl adjacent to an activating group) is 1. The van der Waals surface area contributed by atoms with Crippen molar-refractivity contribution in [2.75, 3.05) is 26.2 Å². The Labute approximate surface area is 225 Å². The van der Waals surface area contributed by atoms with Crippen molar-refractivity contribution in [1.29, 1.82) is 0 Å². The molecule has 0 aromatic rings. The second kappa shape index (κ2) is 16.3. The number of hydrogen-bond donors (Lipinski definition) is 4. The van der Waals surface area contributed by atoms with E-state index in [1.165, 1.54) is 16.7 Å². The predicted molar refractivity (Wildman–Crippen MR) is 141 cm³/mol. The number of carboxylic acid groups (broad SMARTS) is 2. The van der Waals surface area contributed by atoms with Gasteiger partial charge in [0.1, 0.15) is 12.1 Å². The summed E-state index contributed by atoms with van der Waals surface area (Å²) in [6, 6.07) is -2.91. The maximum absolute atomic E-state index is 13.6. The molecule has 2 atom stereocenters. The summed E-state index contributed by atoms with van der Waals surface area (Å²) in [4.78, 5) is 65.3. The lowest BCUT2D eigenvalue weighted by Crippen LogP contribution is -2.58. The normalized spacial score (nSPS) is 18.6. The highest BCUT2D eigenvalue weighted by atomic mass is 16.4. The summed E-state index contributed by atoms with van der Waals surface area (Å²) in [6.45, 7) is 5.19. The minimum atomic E-state index is -1.42. The molecule has 3 amide bonds. The van der Waals surface area contributed by atoms with E-state index in [2.05, 4.69) is 10.6 Å². The quantitative estimate of drug-likeness (QED) is 0.245. The van der Waals surface area contributed by atoms with Crippen LogP contribution >= 0.6 is 0 Å². The third kappa shape index (κ3) is 10.2. The zero-order valence-electron chi connectivity index (χ0n) is 23.0. The van der Waals surface area contributed by atoms with Gasteiger partial charge >= 0.3 is 11.9 Å². The summed E-state index contributed by atoms with van der Waals surface area (Å²) < 4.78 is 0. The maximum atomic E-state index is 13.6. The molecule has 0 aromatic heterocycles. The molecule has 0 bridgehead atoms. The Morgan fingerprint density at radius 2 is 1.61 bits per heavy atom. The number of amides is 3. The second-order valence-electron chi connectivity index (χ2n) is 10.6. The van der Waals surface area contributed by atoms with Gasteiger partial charge in [-0.2, -0.15) is 0 Å². The molecule has 0 aromatic carbocycles. The van der Waals surface area contributed by atoms with Gasteiger partial charge < -0.3 is 30.6 Å². The highest BCUT2D eigenvalue weighted by Crippen LogP contribution is 2.25. The summed E-state index contributed by atoms with van der Waals surface area (Å²) in [5.74, 6) is -3.36. The number of rotatable bonds is 14. The minimum Gasteiger partial charge on any atom is -0.481 e. The van der Waals surface area contributed by atoms with Crippen LogP contribution in [0.2, 0.25) is 0 Å². The van der Waals surface area contributed by atoms with Gasteiger partial charge in [-0.15, -0.1) is 0 Å². The molecular formula is C27H46N4O7. The van der Waals surface area contributed by atoms with E-state index in [4.69, 9.17) is 0 Å². The summed E-state index contributed by atoms with van der Waals surface area (Å²) in [5.41, 5.74) is 0. The van der Waals surface area contributed by atoms with Crippen LogP contribution in [0.1, 0.15) is 90.9 Å². The first-order chi connectivity index (χ1) is 18.1. The van der Waals surface area contributed by atoms with E-state index in [0.29, 0.717) is 31.7 Å². The second-order valence-corrected chi connectivity index (χ2v) is 10.6. The Kier molecular flexibility index (Phi) is 13.5. The van der Waals surface area contributed by atoms with Gasteiger partial charge in [0.15, 0.2) is 0 Å². The van der Waals surface area contributed by atoms with E-state index in [9.17, 15) is 34.2 Å². The van der Waals surface area contributed by atoms with E-state index in [1.54, 1.807) is 6.92 Å². The molecule has 11 nitrogen and oxygen atoms in total. The van der Waals surface area contributed by atoms with Crippen molar-refractivity contribution in [1.82, 2.24) is 20.4 Å². The summed E-state index contributed by atoms with van der Waals surface area (Å²) in [7, 11) is 0. The van der Waals surface area contributed by atoms with Crippen LogP contribution in [0.15, 0.2) is 0 Å². The topological polar surface area (TPSA) is 156 Å². The fourth-order valence-electron chi connectivity index (χ4n) is 5.56. The zero-order chi connectivity index (χ0) is 28.1. The standard InChI is InChI=1S/C27H46N4O7/c1-3-30(24(33)12-8-9-20-13-15-28-16-14-20)18-23(32)29-22(17-25(34)35)26(36)31(19(2)27(37)38)21-10-6-4-5-7-11-21/h19-22,28H,3-18H2,1-2H3,(H,29,32)(H,34,35)(H,37,38)/t19-,22-/m0/s1. The Hall–Kier alpha value is -2.69. The van der Waals surface area contributed by atoms with E-state index in [1.807, 2.05) is 0 Å². The summed E-state index contributed by atoms with van der Waals surface area (Å²) >= 11 is 0. The number of aliphatic carboxylic acids is 2. The molecule has 4 N–H and O–H groups in total.